The summed E-state index contributed by atoms with van der Waals surface area (Å²) in [5, 5.41) is 2.16. The topological polar surface area (TPSA) is 52.3 Å². The highest BCUT2D eigenvalue weighted by Gasteiger charge is 2.21. The molecule has 5 aromatic rings. The number of rotatable bonds is 7. The number of hydrogen-bond acceptors (Lipinski definition) is 4. The van der Waals surface area contributed by atoms with E-state index in [0.29, 0.717) is 34.7 Å². The number of nitrogens with zero attached hydrogens (tertiary/aromatic N) is 1. The number of fused-ring (bicyclic) bond motifs is 2. The van der Waals surface area contributed by atoms with E-state index >= 15 is 0 Å². The molecule has 0 bridgehead atoms. The predicted molar refractivity (Wildman–Crippen MR) is 132 cm³/mol. The molecule has 5 rings (SSSR count). The van der Waals surface area contributed by atoms with Crippen molar-refractivity contribution < 1.29 is 13.9 Å². The van der Waals surface area contributed by atoms with Gasteiger partial charge >= 0.3 is 0 Å². The van der Waals surface area contributed by atoms with Crippen LogP contribution in [0, 0.1) is 0 Å². The van der Waals surface area contributed by atoms with E-state index in [9.17, 15) is 4.79 Å². The molecule has 0 N–H and O–H groups in total. The Hall–Kier alpha value is -4.18. The third-order valence-electron chi connectivity index (χ3n) is 5.48. The molecule has 33 heavy (non-hydrogen) atoms. The maximum Gasteiger partial charge on any atom is 0.231 e. The van der Waals surface area contributed by atoms with Crippen molar-refractivity contribution in [3.05, 3.63) is 108 Å². The van der Waals surface area contributed by atoms with Crippen LogP contribution < -0.4 is 4.74 Å². The summed E-state index contributed by atoms with van der Waals surface area (Å²) >= 11 is 0. The van der Waals surface area contributed by atoms with Gasteiger partial charge in [0, 0.05) is 5.56 Å². The van der Waals surface area contributed by atoms with Gasteiger partial charge in [-0.3, -0.25) is 4.79 Å². The van der Waals surface area contributed by atoms with Crippen molar-refractivity contribution >= 4 is 39.3 Å². The minimum atomic E-state index is -0.156. The van der Waals surface area contributed by atoms with E-state index in [1.807, 2.05) is 66.7 Å². The van der Waals surface area contributed by atoms with Gasteiger partial charge in [0.25, 0.3) is 0 Å². The normalized spacial score (nSPS) is 11.7. The summed E-state index contributed by atoms with van der Waals surface area (Å²) < 4.78 is 11.7. The molecule has 0 fully saturated rings. The number of ether oxygens (including phenoxy) is 1. The zero-order chi connectivity index (χ0) is 22.6. The summed E-state index contributed by atoms with van der Waals surface area (Å²) in [6, 6.07) is 28.9. The molecule has 0 radical (unpaired) electrons. The Morgan fingerprint density at radius 2 is 1.67 bits per heavy atom. The standard InChI is InChI=1S/C29H23NO3/c1-2-18-32-23-16-14-21(15-17-23)28(31)25(29-30-26-12-5-6-13-27(26)33-29)19-22-10-7-9-20-8-3-4-11-24(20)22/h3-17,19H,2,18H2,1H3. The second-order valence-electron chi connectivity index (χ2n) is 7.82. The molecule has 4 aromatic carbocycles. The van der Waals surface area contributed by atoms with Crippen molar-refractivity contribution in [2.24, 2.45) is 0 Å². The molecule has 4 nitrogen and oxygen atoms in total. The first-order valence-corrected chi connectivity index (χ1v) is 11.1. The van der Waals surface area contributed by atoms with E-state index in [1.165, 1.54) is 0 Å². The van der Waals surface area contributed by atoms with Gasteiger partial charge < -0.3 is 9.15 Å². The fourth-order valence-electron chi connectivity index (χ4n) is 3.82. The number of ketones is 1. The van der Waals surface area contributed by atoms with Gasteiger partial charge in [-0.1, -0.05) is 61.5 Å². The Morgan fingerprint density at radius 3 is 2.48 bits per heavy atom. The Balaban J connectivity index is 1.62. The number of Topliss-reactive ketones (excluding diaryl/α,β-unsaturated/α-hetero) is 1. The van der Waals surface area contributed by atoms with Crippen LogP contribution >= 0.6 is 0 Å². The SMILES string of the molecule is CCCOc1ccc(C(=O)C(=Cc2cccc3ccccc23)c2nc3ccccc3o2)cc1. The molecule has 1 aromatic heterocycles. The number of hydrogen-bond donors (Lipinski definition) is 0. The Labute approximate surface area is 192 Å². The molecule has 0 saturated heterocycles. The zero-order valence-corrected chi connectivity index (χ0v) is 18.3. The minimum Gasteiger partial charge on any atom is -0.494 e. The quantitative estimate of drug-likeness (QED) is 0.201. The summed E-state index contributed by atoms with van der Waals surface area (Å²) in [5.41, 5.74) is 3.25. The molecule has 0 spiro atoms. The molecule has 0 aliphatic heterocycles. The van der Waals surface area contributed by atoms with E-state index in [4.69, 9.17) is 9.15 Å². The van der Waals surface area contributed by atoms with Crippen LogP contribution in [0.2, 0.25) is 0 Å². The van der Waals surface area contributed by atoms with E-state index < -0.39 is 0 Å². The van der Waals surface area contributed by atoms with Crippen molar-refractivity contribution in [3.8, 4) is 5.75 Å². The van der Waals surface area contributed by atoms with Gasteiger partial charge in [0.15, 0.2) is 11.4 Å². The van der Waals surface area contributed by atoms with Crippen molar-refractivity contribution in [1.82, 2.24) is 4.98 Å². The van der Waals surface area contributed by atoms with Gasteiger partial charge in [0.1, 0.15) is 11.3 Å². The maximum atomic E-state index is 13.7. The molecule has 0 aliphatic rings. The van der Waals surface area contributed by atoms with Crippen LogP contribution in [0.1, 0.15) is 35.2 Å². The smallest absolute Gasteiger partial charge is 0.231 e. The Bertz CT molecular complexity index is 1420. The Morgan fingerprint density at radius 1 is 0.909 bits per heavy atom. The van der Waals surface area contributed by atoms with Crippen molar-refractivity contribution in [3.63, 3.8) is 0 Å². The third kappa shape index (κ3) is 4.28. The molecule has 162 valence electrons. The lowest BCUT2D eigenvalue weighted by atomic mass is 9.98. The van der Waals surface area contributed by atoms with Crippen LogP contribution in [-0.4, -0.2) is 17.4 Å². The second-order valence-corrected chi connectivity index (χ2v) is 7.82. The molecule has 0 aliphatic carbocycles. The molecule has 0 amide bonds. The van der Waals surface area contributed by atoms with Crippen LogP contribution in [0.5, 0.6) is 5.75 Å². The number of benzene rings is 4. The van der Waals surface area contributed by atoms with Crippen LogP contribution in [0.15, 0.2) is 95.4 Å². The predicted octanol–water partition coefficient (Wildman–Crippen LogP) is 7.19. The first kappa shape index (κ1) is 20.7. The minimum absolute atomic E-state index is 0.156. The number of allylic oxidation sites excluding steroid dienone is 1. The summed E-state index contributed by atoms with van der Waals surface area (Å²) in [4.78, 5) is 18.3. The summed E-state index contributed by atoms with van der Waals surface area (Å²) in [5.74, 6) is 0.895. The highest BCUT2D eigenvalue weighted by molar-refractivity contribution is 6.32. The highest BCUT2D eigenvalue weighted by atomic mass is 16.5. The van der Waals surface area contributed by atoms with Gasteiger partial charge in [-0.15, -0.1) is 0 Å². The van der Waals surface area contributed by atoms with E-state index in [1.54, 1.807) is 12.1 Å². The van der Waals surface area contributed by atoms with Crippen LogP contribution in [0.25, 0.3) is 33.5 Å². The molecule has 0 atom stereocenters. The average Bonchev–Trinajstić information content (AvgIpc) is 3.30. The van der Waals surface area contributed by atoms with Crippen molar-refractivity contribution in [2.45, 2.75) is 13.3 Å². The molecule has 0 saturated carbocycles. The van der Waals surface area contributed by atoms with Gasteiger partial charge in [0.05, 0.1) is 12.2 Å². The van der Waals surface area contributed by atoms with Gasteiger partial charge in [-0.25, -0.2) is 4.98 Å². The average molecular weight is 434 g/mol. The molecular weight excluding hydrogens is 410 g/mol. The van der Waals surface area contributed by atoms with E-state index in [-0.39, 0.29) is 5.78 Å². The van der Waals surface area contributed by atoms with E-state index in [0.717, 1.165) is 28.5 Å². The van der Waals surface area contributed by atoms with Crippen LogP contribution in [-0.2, 0) is 0 Å². The summed E-state index contributed by atoms with van der Waals surface area (Å²) in [6.07, 6.45) is 2.80. The lowest BCUT2D eigenvalue weighted by Gasteiger charge is -2.08. The van der Waals surface area contributed by atoms with Crippen molar-refractivity contribution in [2.75, 3.05) is 6.61 Å². The van der Waals surface area contributed by atoms with Crippen LogP contribution in [0.3, 0.4) is 0 Å². The second kappa shape index (κ2) is 9.13. The maximum absolute atomic E-state index is 13.7. The first-order chi connectivity index (χ1) is 16.2. The van der Waals surface area contributed by atoms with Gasteiger partial charge in [0.2, 0.25) is 5.89 Å². The number of carbonyl (C=O) groups excluding carboxylic acids is 1. The van der Waals surface area contributed by atoms with Gasteiger partial charge in [-0.2, -0.15) is 0 Å². The fraction of sp³-hybridized carbons (Fsp3) is 0.103. The summed E-state index contributed by atoms with van der Waals surface area (Å²) in [6.45, 7) is 2.70. The largest absolute Gasteiger partial charge is 0.494 e. The zero-order valence-electron chi connectivity index (χ0n) is 18.3. The number of aromatic nitrogens is 1. The molecular formula is C29H23NO3. The van der Waals surface area contributed by atoms with Gasteiger partial charge in [-0.05, 0) is 65.2 Å². The monoisotopic (exact) mass is 433 g/mol. The fourth-order valence-corrected chi connectivity index (χ4v) is 3.82. The van der Waals surface area contributed by atoms with Crippen LogP contribution in [0.4, 0.5) is 0 Å². The first-order valence-electron chi connectivity index (χ1n) is 11.1. The van der Waals surface area contributed by atoms with E-state index in [2.05, 4.69) is 30.1 Å². The number of carbonyl (C=O) groups is 1. The number of para-hydroxylation sites is 2. The molecule has 1 heterocycles. The number of oxazole rings is 1. The summed E-state index contributed by atoms with van der Waals surface area (Å²) in [7, 11) is 0. The Kier molecular flexibility index (Phi) is 5.73. The lowest BCUT2D eigenvalue weighted by Crippen LogP contribution is -2.04. The lowest BCUT2D eigenvalue weighted by molar-refractivity contribution is 0.105. The highest BCUT2D eigenvalue weighted by Crippen LogP contribution is 2.29. The third-order valence-corrected chi connectivity index (χ3v) is 5.48. The van der Waals surface area contributed by atoms with Crippen molar-refractivity contribution in [1.29, 1.82) is 0 Å². The molecule has 0 unspecified atom stereocenters. The molecule has 4 heteroatoms.